The van der Waals surface area contributed by atoms with Gasteiger partial charge in [-0.3, -0.25) is 4.79 Å². The zero-order chi connectivity index (χ0) is 28.5. The maximum atomic E-state index is 13.2. The number of carbonyl (C=O) groups excluding carboxylic acids is 1. The molecule has 11 heteroatoms. The second-order valence-electron chi connectivity index (χ2n) is 10.5. The van der Waals surface area contributed by atoms with Gasteiger partial charge in [0.25, 0.3) is 5.91 Å². The second-order valence-corrected chi connectivity index (χ2v) is 10.5. The quantitative estimate of drug-likeness (QED) is 0.309. The number of nitrogens with zero attached hydrogens (tertiary/aromatic N) is 2. The average molecular weight is 565 g/mol. The van der Waals surface area contributed by atoms with Crippen LogP contribution in [0.1, 0.15) is 60.0 Å². The summed E-state index contributed by atoms with van der Waals surface area (Å²) in [5.41, 5.74) is -1.73. The number of pyridine rings is 1. The summed E-state index contributed by atoms with van der Waals surface area (Å²) >= 11 is 0. The zero-order valence-corrected chi connectivity index (χ0v) is 21.7. The van der Waals surface area contributed by atoms with E-state index in [2.05, 4.69) is 21.6 Å². The molecule has 2 N–H and O–H groups in total. The van der Waals surface area contributed by atoms with Crippen molar-refractivity contribution in [1.82, 2.24) is 10.3 Å². The highest BCUT2D eigenvalue weighted by atomic mass is 19.4. The van der Waals surface area contributed by atoms with E-state index in [0.29, 0.717) is 18.0 Å². The third-order valence-electron chi connectivity index (χ3n) is 7.76. The minimum absolute atomic E-state index is 0.0187. The Balaban J connectivity index is 1.33. The molecule has 0 spiro atoms. The number of benzene rings is 2. The molecule has 1 aromatic heterocycles. The van der Waals surface area contributed by atoms with Gasteiger partial charge >= 0.3 is 12.4 Å². The van der Waals surface area contributed by atoms with Crippen LogP contribution in [0.3, 0.4) is 0 Å². The molecule has 2 aromatic carbocycles. The molecule has 1 saturated carbocycles. The first-order chi connectivity index (χ1) is 19.0. The number of aromatic nitrogens is 1. The number of carbonyl (C=O) groups is 1. The number of nitrogens with one attached hydrogen (secondary N) is 2. The van der Waals surface area contributed by atoms with Gasteiger partial charge in [0.1, 0.15) is 5.82 Å². The Morgan fingerprint density at radius 2 is 1.52 bits per heavy atom. The highest BCUT2D eigenvalue weighted by molar-refractivity contribution is 5.95. The third-order valence-corrected chi connectivity index (χ3v) is 7.76. The number of anilines is 2. The number of hydrogen-bond donors (Lipinski definition) is 2. The lowest BCUT2D eigenvalue weighted by atomic mass is 9.84. The van der Waals surface area contributed by atoms with Crippen LogP contribution < -0.4 is 15.5 Å². The maximum absolute atomic E-state index is 13.2. The van der Waals surface area contributed by atoms with Crippen molar-refractivity contribution in [2.24, 2.45) is 5.92 Å². The van der Waals surface area contributed by atoms with Crippen molar-refractivity contribution in [3.05, 3.63) is 65.2 Å². The van der Waals surface area contributed by atoms with Crippen molar-refractivity contribution < 1.29 is 31.1 Å². The van der Waals surface area contributed by atoms with Gasteiger partial charge in [0.15, 0.2) is 0 Å². The van der Waals surface area contributed by atoms with E-state index in [-0.39, 0.29) is 24.6 Å². The van der Waals surface area contributed by atoms with Crippen LogP contribution in [0.5, 0.6) is 0 Å². The first-order valence-corrected chi connectivity index (χ1v) is 13.5. The molecular weight excluding hydrogens is 534 g/mol. The van der Waals surface area contributed by atoms with E-state index in [0.717, 1.165) is 68.2 Å². The summed E-state index contributed by atoms with van der Waals surface area (Å²) in [6, 6.07) is 10.8. The van der Waals surface area contributed by atoms with Gasteiger partial charge in [-0.1, -0.05) is 31.0 Å². The van der Waals surface area contributed by atoms with E-state index in [1.165, 1.54) is 0 Å². The monoisotopic (exact) mass is 564 g/mol. The standard InChI is InChI=1S/C29H30F6N4O/c30-28(31,32)20-13-19(14-21(15-20)29(33,34)35)27(40)36-17-18-7-1-3-9-23(18)37-26-16-25(39-11-5-6-12-39)22-8-2-4-10-24(22)38-26/h2,4,8,10,13-16,18,23H,1,3,5-7,9,11-12,17H2,(H,36,40)(H,37,38). The first kappa shape index (κ1) is 28.0. The van der Waals surface area contributed by atoms with Crippen LogP contribution >= 0.6 is 0 Å². The fourth-order valence-electron chi connectivity index (χ4n) is 5.69. The van der Waals surface area contributed by atoms with Crippen molar-refractivity contribution in [3.8, 4) is 0 Å². The van der Waals surface area contributed by atoms with Crippen LogP contribution in [-0.2, 0) is 12.4 Å². The normalized spacial score (nSPS) is 20.1. The molecule has 1 aliphatic heterocycles. The molecule has 2 fully saturated rings. The van der Waals surface area contributed by atoms with Crippen molar-refractivity contribution >= 4 is 28.3 Å². The molecule has 2 atom stereocenters. The van der Waals surface area contributed by atoms with E-state index in [1.807, 2.05) is 24.3 Å². The molecule has 40 heavy (non-hydrogen) atoms. The smallest absolute Gasteiger partial charge is 0.371 e. The summed E-state index contributed by atoms with van der Waals surface area (Å²) in [6.45, 7) is 2.05. The summed E-state index contributed by atoms with van der Waals surface area (Å²) in [4.78, 5) is 19.9. The van der Waals surface area contributed by atoms with Gasteiger partial charge < -0.3 is 15.5 Å². The number of hydrogen-bond acceptors (Lipinski definition) is 4. The first-order valence-electron chi connectivity index (χ1n) is 13.5. The predicted molar refractivity (Wildman–Crippen MR) is 141 cm³/mol. The largest absolute Gasteiger partial charge is 0.416 e. The Bertz CT molecular complexity index is 1330. The molecule has 1 saturated heterocycles. The predicted octanol–water partition coefficient (Wildman–Crippen LogP) is 7.27. The number of rotatable bonds is 6. The molecule has 0 bridgehead atoms. The Kier molecular flexibility index (Phi) is 7.83. The maximum Gasteiger partial charge on any atom is 0.416 e. The van der Waals surface area contributed by atoms with Crippen LogP contribution in [0.15, 0.2) is 48.5 Å². The molecule has 0 radical (unpaired) electrons. The molecule has 214 valence electrons. The van der Waals surface area contributed by atoms with Crippen LogP contribution in [-0.4, -0.2) is 36.6 Å². The molecule has 1 aliphatic carbocycles. The number of halogens is 6. The highest BCUT2D eigenvalue weighted by Gasteiger charge is 2.37. The van der Waals surface area contributed by atoms with Gasteiger partial charge in [-0.25, -0.2) is 4.98 Å². The second kappa shape index (κ2) is 11.2. The van der Waals surface area contributed by atoms with Crippen LogP contribution in [0.25, 0.3) is 10.9 Å². The van der Waals surface area contributed by atoms with Gasteiger partial charge in [0.2, 0.25) is 0 Å². The van der Waals surface area contributed by atoms with Crippen LogP contribution in [0, 0.1) is 5.92 Å². The van der Waals surface area contributed by atoms with Gasteiger partial charge in [-0.2, -0.15) is 26.3 Å². The summed E-state index contributed by atoms with van der Waals surface area (Å²) in [7, 11) is 0. The van der Waals surface area contributed by atoms with E-state index in [4.69, 9.17) is 4.98 Å². The molecular formula is C29H30F6N4O. The summed E-state index contributed by atoms with van der Waals surface area (Å²) in [6.07, 6.45) is -4.37. The Hall–Kier alpha value is -3.50. The van der Waals surface area contributed by atoms with Crippen molar-refractivity contribution in [3.63, 3.8) is 0 Å². The van der Waals surface area contributed by atoms with Crippen LogP contribution in [0.4, 0.5) is 37.8 Å². The average Bonchev–Trinajstić information content (AvgIpc) is 3.46. The Labute approximate surface area is 228 Å². The minimum atomic E-state index is -5.02. The van der Waals surface area contributed by atoms with Gasteiger partial charge in [-0.05, 0) is 55.9 Å². The number of fused-ring (bicyclic) bond motifs is 1. The van der Waals surface area contributed by atoms with Gasteiger partial charge in [0.05, 0.1) is 16.6 Å². The molecule has 5 rings (SSSR count). The summed E-state index contributed by atoms with van der Waals surface area (Å²) in [5, 5.41) is 7.18. The van der Waals surface area contributed by atoms with Gasteiger partial charge in [0, 0.05) is 48.4 Å². The molecule has 2 heterocycles. The third kappa shape index (κ3) is 6.28. The Morgan fingerprint density at radius 3 is 2.20 bits per heavy atom. The fraction of sp³-hybridized carbons (Fsp3) is 0.448. The minimum Gasteiger partial charge on any atom is -0.371 e. The van der Waals surface area contributed by atoms with Crippen molar-refractivity contribution in [2.75, 3.05) is 29.9 Å². The topological polar surface area (TPSA) is 57.3 Å². The van der Waals surface area contributed by atoms with E-state index in [1.54, 1.807) is 0 Å². The van der Waals surface area contributed by atoms with E-state index < -0.39 is 35.0 Å². The lowest BCUT2D eigenvalue weighted by Crippen LogP contribution is -2.40. The number of para-hydroxylation sites is 1. The summed E-state index contributed by atoms with van der Waals surface area (Å²) < 4.78 is 79.5. The highest BCUT2D eigenvalue weighted by Crippen LogP contribution is 2.37. The SMILES string of the molecule is O=C(NCC1CCCCC1Nc1cc(N2CCCC2)c2ccccc2n1)c1cc(C(F)(F)F)cc(C(F)(F)F)c1. The molecule has 1 amide bonds. The number of amides is 1. The van der Waals surface area contributed by atoms with Crippen molar-refractivity contribution in [2.45, 2.75) is 56.9 Å². The molecule has 2 unspecified atom stereocenters. The lowest BCUT2D eigenvalue weighted by Gasteiger charge is -2.33. The van der Waals surface area contributed by atoms with E-state index >= 15 is 0 Å². The molecule has 5 nitrogen and oxygen atoms in total. The van der Waals surface area contributed by atoms with Crippen LogP contribution in [0.2, 0.25) is 0 Å². The Morgan fingerprint density at radius 1 is 0.875 bits per heavy atom. The summed E-state index contributed by atoms with van der Waals surface area (Å²) in [5.74, 6) is -0.341. The van der Waals surface area contributed by atoms with Crippen molar-refractivity contribution in [1.29, 1.82) is 0 Å². The van der Waals surface area contributed by atoms with E-state index in [9.17, 15) is 31.1 Å². The zero-order valence-electron chi connectivity index (χ0n) is 21.7. The fourth-order valence-corrected chi connectivity index (χ4v) is 5.69. The lowest BCUT2D eigenvalue weighted by molar-refractivity contribution is -0.143. The molecule has 2 aliphatic rings. The number of alkyl halides is 6. The van der Waals surface area contributed by atoms with Gasteiger partial charge in [-0.15, -0.1) is 0 Å². The molecule has 3 aromatic rings.